The minimum atomic E-state index is 0.0553. The number of anilines is 1. The van der Waals surface area contributed by atoms with Gasteiger partial charge in [-0.15, -0.1) is 0 Å². The van der Waals surface area contributed by atoms with E-state index < -0.39 is 0 Å². The molecule has 8 nitrogen and oxygen atoms in total. The molecule has 2 N–H and O–H groups in total. The van der Waals surface area contributed by atoms with Crippen LogP contribution in [0.4, 0.5) is 5.69 Å². The fraction of sp³-hybridized carbons (Fsp3) is 0.679. The lowest BCUT2D eigenvalue weighted by Gasteiger charge is -2.40. The minimum absolute atomic E-state index is 0.0553. The second kappa shape index (κ2) is 13.1. The first-order valence-electron chi connectivity index (χ1n) is 13.9. The lowest BCUT2D eigenvalue weighted by atomic mass is 9.99. The molecule has 36 heavy (non-hydrogen) atoms. The van der Waals surface area contributed by atoms with Gasteiger partial charge in [-0.3, -0.25) is 14.4 Å². The average Bonchev–Trinajstić information content (AvgIpc) is 2.93. The Balaban J connectivity index is 1.14. The van der Waals surface area contributed by atoms with Gasteiger partial charge >= 0.3 is 0 Å². The Bertz CT molecular complexity index is 872. The van der Waals surface area contributed by atoms with Crippen LogP contribution in [-0.2, 0) is 20.8 Å². The van der Waals surface area contributed by atoms with Crippen LogP contribution in [0.2, 0.25) is 0 Å². The van der Waals surface area contributed by atoms with Gasteiger partial charge < -0.3 is 25.3 Å². The number of nitrogens with two attached hydrogens (primary N) is 1. The molecule has 0 radical (unpaired) electrons. The first-order chi connectivity index (χ1) is 17.5. The van der Waals surface area contributed by atoms with Crippen LogP contribution in [0.5, 0.6) is 0 Å². The van der Waals surface area contributed by atoms with E-state index in [1.165, 1.54) is 32.4 Å². The molecule has 3 heterocycles. The number of carbonyl (C=O) groups excluding carboxylic acids is 3. The highest BCUT2D eigenvalue weighted by Gasteiger charge is 2.29. The van der Waals surface area contributed by atoms with Crippen molar-refractivity contribution in [2.45, 2.75) is 76.3 Å². The fourth-order valence-electron chi connectivity index (χ4n) is 6.07. The maximum absolute atomic E-state index is 12.8. The molecule has 0 aliphatic carbocycles. The van der Waals surface area contributed by atoms with Crippen LogP contribution in [0, 0.1) is 0 Å². The van der Waals surface area contributed by atoms with Gasteiger partial charge in [0.15, 0.2) is 0 Å². The summed E-state index contributed by atoms with van der Waals surface area (Å²) in [7, 11) is 0. The van der Waals surface area contributed by atoms with Crippen molar-refractivity contribution < 1.29 is 14.4 Å². The van der Waals surface area contributed by atoms with E-state index in [1.54, 1.807) is 0 Å². The number of hydrogen-bond acceptors (Lipinski definition) is 5. The van der Waals surface area contributed by atoms with Crippen LogP contribution in [0.25, 0.3) is 0 Å². The summed E-state index contributed by atoms with van der Waals surface area (Å²) in [4.78, 5) is 45.6. The third kappa shape index (κ3) is 6.99. The van der Waals surface area contributed by atoms with Gasteiger partial charge in [0.2, 0.25) is 18.2 Å². The Morgan fingerprint density at radius 1 is 0.861 bits per heavy atom. The number of nitrogen functional groups attached to an aromatic ring is 1. The van der Waals surface area contributed by atoms with Gasteiger partial charge in [0.1, 0.15) is 0 Å². The second-order valence-electron chi connectivity index (χ2n) is 10.6. The van der Waals surface area contributed by atoms with Crippen LogP contribution in [0.1, 0.15) is 63.4 Å². The van der Waals surface area contributed by atoms with E-state index in [4.69, 9.17) is 5.73 Å². The molecule has 0 saturated carbocycles. The van der Waals surface area contributed by atoms with Crippen LogP contribution < -0.4 is 5.73 Å². The van der Waals surface area contributed by atoms with Crippen LogP contribution in [0.3, 0.4) is 0 Å². The summed E-state index contributed by atoms with van der Waals surface area (Å²) in [6, 6.07) is 8.51. The molecule has 0 aromatic heterocycles. The first kappa shape index (κ1) is 26.5. The van der Waals surface area contributed by atoms with E-state index in [2.05, 4.69) is 4.90 Å². The molecule has 0 unspecified atom stereocenters. The summed E-state index contributed by atoms with van der Waals surface area (Å²) in [6.45, 7) is 5.93. The Hall–Kier alpha value is -2.61. The molecule has 0 atom stereocenters. The van der Waals surface area contributed by atoms with E-state index >= 15 is 0 Å². The van der Waals surface area contributed by atoms with Crippen molar-refractivity contribution in [3.63, 3.8) is 0 Å². The summed E-state index contributed by atoms with van der Waals surface area (Å²) in [5, 5.41) is 0. The largest absolute Gasteiger partial charge is 0.399 e. The molecule has 3 aliphatic heterocycles. The Morgan fingerprint density at radius 3 is 2.03 bits per heavy atom. The van der Waals surface area contributed by atoms with E-state index in [1.807, 2.05) is 39.0 Å². The number of benzene rings is 1. The average molecular weight is 498 g/mol. The van der Waals surface area contributed by atoms with Gasteiger partial charge in [-0.1, -0.05) is 24.6 Å². The summed E-state index contributed by atoms with van der Waals surface area (Å²) in [5.41, 5.74) is 7.84. The van der Waals surface area contributed by atoms with Crippen molar-refractivity contribution in [1.29, 1.82) is 0 Å². The maximum Gasteiger partial charge on any atom is 0.223 e. The van der Waals surface area contributed by atoms with Gasteiger partial charge in [-0.25, -0.2) is 0 Å². The molecule has 3 amide bonds. The molecule has 0 spiro atoms. The summed E-state index contributed by atoms with van der Waals surface area (Å²) >= 11 is 0. The molecule has 1 aromatic rings. The van der Waals surface area contributed by atoms with Crippen molar-refractivity contribution >= 4 is 23.9 Å². The summed E-state index contributed by atoms with van der Waals surface area (Å²) in [6.07, 6.45) is 9.82. The fourth-order valence-corrected chi connectivity index (χ4v) is 6.07. The molecule has 4 rings (SSSR count). The normalized spacial score (nSPS) is 20.3. The third-order valence-electron chi connectivity index (χ3n) is 8.39. The van der Waals surface area contributed by atoms with E-state index in [9.17, 15) is 14.4 Å². The van der Waals surface area contributed by atoms with E-state index in [0.29, 0.717) is 32.1 Å². The van der Waals surface area contributed by atoms with Crippen molar-refractivity contribution in [2.75, 3.05) is 51.5 Å². The lowest BCUT2D eigenvalue weighted by Crippen LogP contribution is -2.48. The number of hydrogen-bond donors (Lipinski definition) is 1. The van der Waals surface area contributed by atoms with Gasteiger partial charge in [0, 0.05) is 63.3 Å². The zero-order chi connectivity index (χ0) is 25.3. The number of likely N-dealkylation sites (tertiary alicyclic amines) is 3. The SMILES string of the molecule is Nc1ccccc1CCN(C=O)C1CCN(C(=O)CCC(=O)N2CCC(N3CCCCC3)CC2)CC1. The molecular formula is C28H43N5O3. The molecule has 0 bridgehead atoms. The predicted molar refractivity (Wildman–Crippen MR) is 141 cm³/mol. The first-order valence-corrected chi connectivity index (χ1v) is 13.9. The molecule has 3 aliphatic rings. The zero-order valence-electron chi connectivity index (χ0n) is 21.7. The predicted octanol–water partition coefficient (Wildman–Crippen LogP) is 2.52. The smallest absolute Gasteiger partial charge is 0.223 e. The molecule has 8 heteroatoms. The molecule has 1 aromatic carbocycles. The number of rotatable bonds is 9. The van der Waals surface area contributed by atoms with Crippen LogP contribution >= 0.6 is 0 Å². The Morgan fingerprint density at radius 2 is 1.44 bits per heavy atom. The van der Waals surface area contributed by atoms with Crippen molar-refractivity contribution in [3.05, 3.63) is 29.8 Å². The van der Waals surface area contributed by atoms with Crippen LogP contribution in [0.15, 0.2) is 24.3 Å². The number of amides is 3. The molecule has 3 fully saturated rings. The van der Waals surface area contributed by atoms with Crippen molar-refractivity contribution in [3.8, 4) is 0 Å². The lowest BCUT2D eigenvalue weighted by molar-refractivity contribution is -0.139. The third-order valence-corrected chi connectivity index (χ3v) is 8.39. The monoisotopic (exact) mass is 497 g/mol. The van der Waals surface area contributed by atoms with Crippen LogP contribution in [-0.4, -0.2) is 95.7 Å². The van der Waals surface area contributed by atoms with Gasteiger partial charge in [-0.05, 0) is 69.7 Å². The summed E-state index contributed by atoms with van der Waals surface area (Å²) in [5.74, 6) is 0.169. The van der Waals surface area contributed by atoms with E-state index in [0.717, 1.165) is 62.9 Å². The maximum atomic E-state index is 12.8. The Labute approximate surface area is 215 Å². The second-order valence-corrected chi connectivity index (χ2v) is 10.6. The van der Waals surface area contributed by atoms with Gasteiger partial charge in [0.05, 0.1) is 0 Å². The number of piperidine rings is 3. The highest BCUT2D eigenvalue weighted by molar-refractivity contribution is 5.84. The number of carbonyl (C=O) groups is 3. The molecular weight excluding hydrogens is 454 g/mol. The highest BCUT2D eigenvalue weighted by Crippen LogP contribution is 2.22. The van der Waals surface area contributed by atoms with Gasteiger partial charge in [-0.2, -0.15) is 0 Å². The van der Waals surface area contributed by atoms with Crippen molar-refractivity contribution in [1.82, 2.24) is 19.6 Å². The molecule has 198 valence electrons. The Kier molecular flexibility index (Phi) is 9.61. The zero-order valence-corrected chi connectivity index (χ0v) is 21.7. The number of nitrogens with zero attached hydrogens (tertiary/aromatic N) is 4. The van der Waals surface area contributed by atoms with E-state index in [-0.39, 0.29) is 24.3 Å². The summed E-state index contributed by atoms with van der Waals surface area (Å²) < 4.78 is 0. The van der Waals surface area contributed by atoms with Crippen molar-refractivity contribution in [2.24, 2.45) is 0 Å². The minimum Gasteiger partial charge on any atom is -0.399 e. The highest BCUT2D eigenvalue weighted by atomic mass is 16.2. The molecule has 3 saturated heterocycles. The topological polar surface area (TPSA) is 90.2 Å². The van der Waals surface area contributed by atoms with Gasteiger partial charge in [0.25, 0.3) is 0 Å². The standard InChI is InChI=1S/C28H43N5O3/c29-26-7-3-2-6-23(26)10-17-33(22-34)25-13-20-32(21-14-25)28(36)9-8-27(35)31-18-11-24(12-19-31)30-15-4-1-5-16-30/h2-3,6-7,22,24-25H,1,4-5,8-21,29H2. The quantitative estimate of drug-likeness (QED) is 0.418. The number of para-hydroxylation sites is 1.